The Kier molecular flexibility index (Phi) is 5.81. The molecule has 0 aromatic rings. The van der Waals surface area contributed by atoms with Gasteiger partial charge in [0.15, 0.2) is 0 Å². The molecule has 3 nitrogen and oxygen atoms in total. The first-order chi connectivity index (χ1) is 7.58. The average Bonchev–Trinajstić information content (AvgIpc) is 2.16. The maximum Gasteiger partial charge on any atom is 0.303 e. The van der Waals surface area contributed by atoms with Crippen LogP contribution in [0.3, 0.4) is 0 Å². The first-order valence-corrected chi connectivity index (χ1v) is 6.52. The van der Waals surface area contributed by atoms with Gasteiger partial charge >= 0.3 is 5.97 Å². The summed E-state index contributed by atoms with van der Waals surface area (Å²) in [6.07, 6.45) is 5.13. The van der Waals surface area contributed by atoms with Crippen molar-refractivity contribution in [2.24, 2.45) is 11.8 Å². The van der Waals surface area contributed by atoms with Crippen molar-refractivity contribution in [2.45, 2.75) is 46.0 Å². The van der Waals surface area contributed by atoms with Crippen LogP contribution < -0.4 is 0 Å². The van der Waals surface area contributed by atoms with Crippen molar-refractivity contribution in [2.75, 3.05) is 19.6 Å². The monoisotopic (exact) mass is 227 g/mol. The van der Waals surface area contributed by atoms with E-state index in [0.29, 0.717) is 12.3 Å². The lowest BCUT2D eigenvalue weighted by atomic mass is 9.94. The van der Waals surface area contributed by atoms with Crippen LogP contribution in [0.25, 0.3) is 0 Å². The highest BCUT2D eigenvalue weighted by Crippen LogP contribution is 2.20. The lowest BCUT2D eigenvalue weighted by molar-refractivity contribution is -0.138. The van der Waals surface area contributed by atoms with E-state index in [0.717, 1.165) is 32.0 Å². The van der Waals surface area contributed by atoms with Gasteiger partial charge in [-0.1, -0.05) is 13.8 Å². The van der Waals surface area contributed by atoms with Crippen molar-refractivity contribution in [3.05, 3.63) is 0 Å². The van der Waals surface area contributed by atoms with E-state index in [4.69, 9.17) is 5.11 Å². The fourth-order valence-corrected chi connectivity index (χ4v) is 2.49. The van der Waals surface area contributed by atoms with E-state index in [2.05, 4.69) is 18.7 Å². The first kappa shape index (κ1) is 13.5. The molecule has 94 valence electrons. The molecule has 0 spiro atoms. The van der Waals surface area contributed by atoms with E-state index in [1.54, 1.807) is 0 Å². The van der Waals surface area contributed by atoms with Crippen molar-refractivity contribution >= 4 is 5.97 Å². The number of carbonyl (C=O) groups is 1. The molecule has 1 rings (SSSR count). The van der Waals surface area contributed by atoms with Crippen molar-refractivity contribution in [1.29, 1.82) is 0 Å². The number of carboxylic acids is 1. The second-order valence-electron chi connectivity index (χ2n) is 5.44. The summed E-state index contributed by atoms with van der Waals surface area (Å²) in [4.78, 5) is 13.1. The third kappa shape index (κ3) is 5.50. The normalized spacial score (nSPS) is 22.6. The van der Waals surface area contributed by atoms with E-state index < -0.39 is 5.97 Å². The van der Waals surface area contributed by atoms with Crippen LogP contribution in [-0.4, -0.2) is 35.6 Å². The van der Waals surface area contributed by atoms with Gasteiger partial charge < -0.3 is 10.0 Å². The average molecular weight is 227 g/mol. The molecule has 0 aliphatic carbocycles. The second kappa shape index (κ2) is 6.89. The fourth-order valence-electron chi connectivity index (χ4n) is 2.49. The molecule has 3 heteroatoms. The van der Waals surface area contributed by atoms with Crippen molar-refractivity contribution in [1.82, 2.24) is 4.90 Å². The minimum absolute atomic E-state index is 0.348. The molecule has 1 aliphatic rings. The van der Waals surface area contributed by atoms with Gasteiger partial charge in [-0.05, 0) is 50.6 Å². The van der Waals surface area contributed by atoms with Crippen molar-refractivity contribution in [3.8, 4) is 0 Å². The molecule has 1 fully saturated rings. The molecular formula is C13H25NO2. The number of piperidine rings is 1. The topological polar surface area (TPSA) is 40.5 Å². The van der Waals surface area contributed by atoms with Gasteiger partial charge in [-0.15, -0.1) is 0 Å². The van der Waals surface area contributed by atoms with Crippen LogP contribution in [0, 0.1) is 11.8 Å². The van der Waals surface area contributed by atoms with Gasteiger partial charge in [0.05, 0.1) is 0 Å². The Bertz CT molecular complexity index is 216. The molecule has 16 heavy (non-hydrogen) atoms. The summed E-state index contributed by atoms with van der Waals surface area (Å²) in [6, 6.07) is 0. The second-order valence-corrected chi connectivity index (χ2v) is 5.44. The highest BCUT2D eigenvalue weighted by Gasteiger charge is 2.21. The summed E-state index contributed by atoms with van der Waals surface area (Å²) >= 11 is 0. The summed E-state index contributed by atoms with van der Waals surface area (Å²) in [7, 11) is 0. The molecule has 1 heterocycles. The predicted octanol–water partition coefficient (Wildman–Crippen LogP) is 2.61. The lowest BCUT2D eigenvalue weighted by Crippen LogP contribution is -2.36. The highest BCUT2D eigenvalue weighted by atomic mass is 16.4. The van der Waals surface area contributed by atoms with Crippen LogP contribution in [-0.2, 0) is 4.79 Å². The zero-order valence-electron chi connectivity index (χ0n) is 10.6. The smallest absolute Gasteiger partial charge is 0.303 e. The molecule has 0 bridgehead atoms. The number of aliphatic carboxylic acids is 1. The van der Waals surface area contributed by atoms with E-state index in [1.165, 1.54) is 19.3 Å². The zero-order valence-corrected chi connectivity index (χ0v) is 10.6. The summed E-state index contributed by atoms with van der Waals surface area (Å²) in [6.45, 7) is 7.81. The highest BCUT2D eigenvalue weighted by molar-refractivity contribution is 5.67. The van der Waals surface area contributed by atoms with Gasteiger partial charge in [-0.25, -0.2) is 0 Å². The number of nitrogens with zero attached hydrogens (tertiary/aromatic N) is 1. The van der Waals surface area contributed by atoms with Crippen molar-refractivity contribution < 1.29 is 9.90 Å². The van der Waals surface area contributed by atoms with Gasteiger partial charge in [-0.3, -0.25) is 4.79 Å². The van der Waals surface area contributed by atoms with Crippen LogP contribution >= 0.6 is 0 Å². The summed E-state index contributed by atoms with van der Waals surface area (Å²) < 4.78 is 0. The Morgan fingerprint density at radius 1 is 1.50 bits per heavy atom. The summed E-state index contributed by atoms with van der Waals surface area (Å²) in [5, 5.41) is 8.78. The molecule has 1 atom stereocenters. The molecule has 0 aromatic carbocycles. The molecular weight excluding hydrogens is 202 g/mol. The largest absolute Gasteiger partial charge is 0.481 e. The maximum absolute atomic E-state index is 10.7. The third-order valence-electron chi connectivity index (χ3n) is 3.32. The van der Waals surface area contributed by atoms with Gasteiger partial charge in [0.25, 0.3) is 0 Å². The van der Waals surface area contributed by atoms with E-state index in [9.17, 15) is 4.79 Å². The fraction of sp³-hybridized carbons (Fsp3) is 0.923. The van der Waals surface area contributed by atoms with Gasteiger partial charge in [0.2, 0.25) is 0 Å². The Balaban J connectivity index is 2.19. The van der Waals surface area contributed by atoms with E-state index in [-0.39, 0.29) is 0 Å². The minimum Gasteiger partial charge on any atom is -0.481 e. The molecule has 1 aliphatic heterocycles. The number of hydrogen-bond donors (Lipinski definition) is 1. The van der Waals surface area contributed by atoms with Crippen LogP contribution in [0.15, 0.2) is 0 Å². The molecule has 0 saturated carbocycles. The van der Waals surface area contributed by atoms with Gasteiger partial charge in [0, 0.05) is 13.0 Å². The summed E-state index contributed by atoms with van der Waals surface area (Å²) in [5.74, 6) is 0.513. The minimum atomic E-state index is -0.644. The van der Waals surface area contributed by atoms with Crippen LogP contribution in [0.2, 0.25) is 0 Å². The molecule has 0 amide bonds. The standard InChI is InChI=1S/C13H25NO2/c1-11(2)5-3-7-14-8-4-6-12(10-14)9-13(15)16/h11-12H,3-10H2,1-2H3,(H,15,16). The summed E-state index contributed by atoms with van der Waals surface area (Å²) in [5.41, 5.74) is 0. The first-order valence-electron chi connectivity index (χ1n) is 6.52. The lowest BCUT2D eigenvalue weighted by Gasteiger charge is -2.32. The number of likely N-dealkylation sites (tertiary alicyclic amines) is 1. The number of rotatable bonds is 6. The maximum atomic E-state index is 10.7. The Hall–Kier alpha value is -0.570. The quantitative estimate of drug-likeness (QED) is 0.758. The van der Waals surface area contributed by atoms with Gasteiger partial charge in [0.1, 0.15) is 0 Å². The van der Waals surface area contributed by atoms with Crippen LogP contribution in [0.4, 0.5) is 0 Å². The Morgan fingerprint density at radius 2 is 2.25 bits per heavy atom. The number of hydrogen-bond acceptors (Lipinski definition) is 2. The van der Waals surface area contributed by atoms with Crippen molar-refractivity contribution in [3.63, 3.8) is 0 Å². The molecule has 0 aromatic heterocycles. The molecule has 1 saturated heterocycles. The zero-order chi connectivity index (χ0) is 12.0. The molecule has 0 radical (unpaired) electrons. The Labute approximate surface area is 98.8 Å². The number of carboxylic acid groups (broad SMARTS) is 1. The predicted molar refractivity (Wildman–Crippen MR) is 65.5 cm³/mol. The third-order valence-corrected chi connectivity index (χ3v) is 3.32. The molecule has 1 unspecified atom stereocenters. The van der Waals surface area contributed by atoms with Crippen LogP contribution in [0.1, 0.15) is 46.0 Å². The Morgan fingerprint density at radius 3 is 2.88 bits per heavy atom. The SMILES string of the molecule is CC(C)CCCN1CCCC(CC(=O)O)C1. The molecule has 1 N–H and O–H groups in total. The van der Waals surface area contributed by atoms with E-state index >= 15 is 0 Å². The van der Waals surface area contributed by atoms with Crippen LogP contribution in [0.5, 0.6) is 0 Å². The van der Waals surface area contributed by atoms with E-state index in [1.807, 2.05) is 0 Å². The van der Waals surface area contributed by atoms with Gasteiger partial charge in [-0.2, -0.15) is 0 Å².